The average molecular weight is 250 g/mol. The molecule has 0 aliphatic heterocycles. The van der Waals surface area contributed by atoms with E-state index in [-0.39, 0.29) is 11.9 Å². The van der Waals surface area contributed by atoms with E-state index in [0.717, 1.165) is 16.9 Å². The Bertz CT molecular complexity index is 416. The number of ether oxygens (including phenoxy) is 1. The fourth-order valence-electron chi connectivity index (χ4n) is 1.81. The minimum Gasteiger partial charge on any atom is -0.496 e. The molecule has 0 bridgehead atoms. The summed E-state index contributed by atoms with van der Waals surface area (Å²) >= 11 is 0. The van der Waals surface area contributed by atoms with Crippen LogP contribution in [0.5, 0.6) is 5.75 Å². The quantitative estimate of drug-likeness (QED) is 0.865. The maximum atomic E-state index is 11.8. The molecule has 100 valence electrons. The fraction of sp³-hybridized carbons (Fsp3) is 0.500. The molecule has 1 atom stereocenters. The van der Waals surface area contributed by atoms with Crippen LogP contribution in [0.25, 0.3) is 0 Å². The third kappa shape index (κ3) is 4.04. The van der Waals surface area contributed by atoms with Gasteiger partial charge in [0.1, 0.15) is 5.75 Å². The number of amides is 1. The molecule has 0 aromatic heterocycles. The largest absolute Gasteiger partial charge is 0.496 e. The zero-order chi connectivity index (χ0) is 13.7. The lowest BCUT2D eigenvalue weighted by atomic mass is 10.1. The molecule has 0 aliphatic rings. The summed E-state index contributed by atoms with van der Waals surface area (Å²) in [4.78, 5) is 13.5. The number of hydrogen-bond donors (Lipinski definition) is 1. The summed E-state index contributed by atoms with van der Waals surface area (Å²) in [5.74, 6) is 0.856. The number of benzene rings is 1. The number of carbonyl (C=O) groups excluding carboxylic acids is 1. The molecular formula is C14H22N2O2. The number of nitrogens with zero attached hydrogens (tertiary/aromatic N) is 1. The Morgan fingerprint density at radius 3 is 2.72 bits per heavy atom. The van der Waals surface area contributed by atoms with E-state index >= 15 is 0 Å². The maximum absolute atomic E-state index is 11.8. The van der Waals surface area contributed by atoms with Gasteiger partial charge in [0.05, 0.1) is 7.11 Å². The Balaban J connectivity index is 2.77. The van der Waals surface area contributed by atoms with E-state index in [4.69, 9.17) is 10.5 Å². The van der Waals surface area contributed by atoms with Gasteiger partial charge in [0, 0.05) is 31.6 Å². The highest BCUT2D eigenvalue weighted by molar-refractivity contribution is 5.76. The number of aryl methyl sites for hydroxylation is 1. The molecule has 0 saturated carbocycles. The Kier molecular flexibility index (Phi) is 5.16. The van der Waals surface area contributed by atoms with Gasteiger partial charge in [0.15, 0.2) is 0 Å². The van der Waals surface area contributed by atoms with Crippen LogP contribution in [0.1, 0.15) is 24.5 Å². The predicted octanol–water partition coefficient (Wildman–Crippen LogP) is 1.70. The molecule has 1 amide bonds. The molecule has 1 aromatic rings. The molecule has 0 fully saturated rings. The van der Waals surface area contributed by atoms with Gasteiger partial charge in [-0.3, -0.25) is 4.79 Å². The van der Waals surface area contributed by atoms with Crippen molar-refractivity contribution in [3.8, 4) is 5.75 Å². The third-order valence-electron chi connectivity index (χ3n) is 2.77. The third-order valence-corrected chi connectivity index (χ3v) is 2.77. The number of methoxy groups -OCH3 is 1. The second-order valence-corrected chi connectivity index (χ2v) is 4.75. The fourth-order valence-corrected chi connectivity index (χ4v) is 1.81. The lowest BCUT2D eigenvalue weighted by Gasteiger charge is -2.20. The van der Waals surface area contributed by atoms with Crippen molar-refractivity contribution in [3.63, 3.8) is 0 Å². The lowest BCUT2D eigenvalue weighted by Crippen LogP contribution is -2.31. The van der Waals surface area contributed by atoms with Crippen LogP contribution in [0.4, 0.5) is 0 Å². The van der Waals surface area contributed by atoms with Crippen LogP contribution >= 0.6 is 0 Å². The van der Waals surface area contributed by atoms with Crippen molar-refractivity contribution in [1.82, 2.24) is 4.90 Å². The average Bonchev–Trinajstić information content (AvgIpc) is 2.28. The van der Waals surface area contributed by atoms with Gasteiger partial charge in [-0.05, 0) is 19.9 Å². The molecular weight excluding hydrogens is 228 g/mol. The number of carbonyl (C=O) groups is 1. The van der Waals surface area contributed by atoms with E-state index in [2.05, 4.69) is 0 Å². The number of rotatable bonds is 5. The highest BCUT2D eigenvalue weighted by Crippen LogP contribution is 2.21. The van der Waals surface area contributed by atoms with Crippen molar-refractivity contribution in [2.24, 2.45) is 5.73 Å². The monoisotopic (exact) mass is 250 g/mol. The van der Waals surface area contributed by atoms with Gasteiger partial charge in [0.25, 0.3) is 0 Å². The zero-order valence-electron chi connectivity index (χ0n) is 11.6. The lowest BCUT2D eigenvalue weighted by molar-refractivity contribution is -0.130. The number of nitrogens with two attached hydrogens (primary N) is 1. The van der Waals surface area contributed by atoms with Crippen LogP contribution in [0.2, 0.25) is 0 Å². The van der Waals surface area contributed by atoms with Crippen LogP contribution in [-0.4, -0.2) is 31.0 Å². The number of hydrogen-bond acceptors (Lipinski definition) is 3. The Labute approximate surface area is 109 Å². The highest BCUT2D eigenvalue weighted by atomic mass is 16.5. The molecule has 1 aromatic carbocycles. The summed E-state index contributed by atoms with van der Waals surface area (Å²) in [6, 6.07) is 5.84. The molecule has 2 N–H and O–H groups in total. The van der Waals surface area contributed by atoms with E-state index in [1.807, 2.05) is 32.0 Å². The topological polar surface area (TPSA) is 55.6 Å². The molecule has 0 radical (unpaired) electrons. The van der Waals surface area contributed by atoms with Crippen molar-refractivity contribution in [2.45, 2.75) is 32.9 Å². The molecule has 0 spiro atoms. The van der Waals surface area contributed by atoms with E-state index in [0.29, 0.717) is 13.0 Å². The van der Waals surface area contributed by atoms with Gasteiger partial charge in [-0.1, -0.05) is 17.7 Å². The Morgan fingerprint density at radius 2 is 2.17 bits per heavy atom. The zero-order valence-corrected chi connectivity index (χ0v) is 11.6. The molecule has 0 heterocycles. The first-order valence-electron chi connectivity index (χ1n) is 6.07. The molecule has 4 heteroatoms. The molecule has 0 saturated heterocycles. The highest BCUT2D eigenvalue weighted by Gasteiger charge is 2.13. The van der Waals surface area contributed by atoms with Gasteiger partial charge >= 0.3 is 0 Å². The standard InChI is InChI=1S/C14H22N2O2/c1-10-5-6-13(18-4)12(7-10)9-16(3)14(17)8-11(2)15/h5-7,11H,8-9,15H2,1-4H3. The second kappa shape index (κ2) is 6.40. The van der Waals surface area contributed by atoms with E-state index in [1.54, 1.807) is 19.1 Å². The maximum Gasteiger partial charge on any atom is 0.224 e. The van der Waals surface area contributed by atoms with Crippen molar-refractivity contribution in [1.29, 1.82) is 0 Å². The second-order valence-electron chi connectivity index (χ2n) is 4.75. The van der Waals surface area contributed by atoms with E-state index in [1.165, 1.54) is 0 Å². The molecule has 18 heavy (non-hydrogen) atoms. The van der Waals surface area contributed by atoms with Crippen LogP contribution in [0.15, 0.2) is 18.2 Å². The first-order valence-corrected chi connectivity index (χ1v) is 6.07. The normalized spacial score (nSPS) is 12.1. The van der Waals surface area contributed by atoms with Crippen LogP contribution < -0.4 is 10.5 Å². The SMILES string of the molecule is COc1ccc(C)cc1CN(C)C(=O)CC(C)N. The van der Waals surface area contributed by atoms with Crippen molar-refractivity contribution >= 4 is 5.91 Å². The molecule has 1 rings (SSSR count). The van der Waals surface area contributed by atoms with Gasteiger partial charge in [-0.25, -0.2) is 0 Å². The summed E-state index contributed by atoms with van der Waals surface area (Å²) in [6.45, 7) is 4.39. The van der Waals surface area contributed by atoms with Gasteiger partial charge in [-0.15, -0.1) is 0 Å². The molecule has 0 aliphatic carbocycles. The van der Waals surface area contributed by atoms with Gasteiger partial charge in [-0.2, -0.15) is 0 Å². The van der Waals surface area contributed by atoms with Crippen molar-refractivity contribution < 1.29 is 9.53 Å². The van der Waals surface area contributed by atoms with Gasteiger partial charge in [0.2, 0.25) is 5.91 Å². The Morgan fingerprint density at radius 1 is 1.50 bits per heavy atom. The van der Waals surface area contributed by atoms with Gasteiger partial charge < -0.3 is 15.4 Å². The van der Waals surface area contributed by atoms with Crippen LogP contribution in [-0.2, 0) is 11.3 Å². The van der Waals surface area contributed by atoms with E-state index in [9.17, 15) is 4.79 Å². The summed E-state index contributed by atoms with van der Waals surface area (Å²) < 4.78 is 5.30. The summed E-state index contributed by atoms with van der Waals surface area (Å²) in [5, 5.41) is 0. The summed E-state index contributed by atoms with van der Waals surface area (Å²) in [6.07, 6.45) is 0.366. The summed E-state index contributed by atoms with van der Waals surface area (Å²) in [7, 11) is 3.42. The minimum atomic E-state index is -0.112. The molecule has 1 unspecified atom stereocenters. The first-order chi connectivity index (χ1) is 8.43. The summed E-state index contributed by atoms with van der Waals surface area (Å²) in [5.41, 5.74) is 7.80. The molecule has 4 nitrogen and oxygen atoms in total. The predicted molar refractivity (Wildman–Crippen MR) is 72.5 cm³/mol. The van der Waals surface area contributed by atoms with Crippen molar-refractivity contribution in [3.05, 3.63) is 29.3 Å². The van der Waals surface area contributed by atoms with Crippen LogP contribution in [0, 0.1) is 6.92 Å². The smallest absolute Gasteiger partial charge is 0.224 e. The Hall–Kier alpha value is -1.55. The van der Waals surface area contributed by atoms with Crippen LogP contribution in [0.3, 0.4) is 0 Å². The van der Waals surface area contributed by atoms with E-state index < -0.39 is 0 Å². The first kappa shape index (κ1) is 14.5. The minimum absolute atomic E-state index is 0.0496. The van der Waals surface area contributed by atoms with Crippen molar-refractivity contribution in [2.75, 3.05) is 14.2 Å².